The van der Waals surface area contributed by atoms with Gasteiger partial charge in [-0.25, -0.2) is 0 Å². The highest BCUT2D eigenvalue weighted by Crippen LogP contribution is 2.49. The lowest BCUT2D eigenvalue weighted by molar-refractivity contribution is 0.425. The number of hydrogen-bond donors (Lipinski definition) is 2. The predicted octanol–water partition coefficient (Wildman–Crippen LogP) is 6.73. The second-order valence-corrected chi connectivity index (χ2v) is 11.7. The van der Waals surface area contributed by atoms with Crippen LogP contribution < -0.4 is 10.6 Å². The van der Waals surface area contributed by atoms with E-state index in [-0.39, 0.29) is 10.7 Å². The van der Waals surface area contributed by atoms with Gasteiger partial charge in [0.15, 0.2) is 0 Å². The molecule has 2 unspecified atom stereocenters. The van der Waals surface area contributed by atoms with Gasteiger partial charge in [0.1, 0.15) is 5.75 Å². The molecule has 160 valence electrons. The van der Waals surface area contributed by atoms with E-state index in [1.807, 2.05) is 6.92 Å². The second-order valence-electron chi connectivity index (χ2n) is 9.86. The normalized spacial score (nSPS) is 14.7. The smallest absolute Gasteiger partial charge is 0.122 e. The van der Waals surface area contributed by atoms with Crippen LogP contribution in [0.1, 0.15) is 89.5 Å². The zero-order valence-electron chi connectivity index (χ0n) is 19.6. The minimum atomic E-state index is -0.0771. The molecular formula is C26H40NOP. The Balaban J connectivity index is 2.48. The second kappa shape index (κ2) is 9.63. The summed E-state index contributed by atoms with van der Waals surface area (Å²) in [5.74, 6) is 0.925. The Kier molecular flexibility index (Phi) is 7.93. The van der Waals surface area contributed by atoms with Crippen LogP contribution in [0.15, 0.2) is 36.4 Å². The summed E-state index contributed by atoms with van der Waals surface area (Å²) in [5.41, 5.74) is 4.86. The first-order valence-corrected chi connectivity index (χ1v) is 11.9. The average Bonchev–Trinajstić information content (AvgIpc) is 2.62. The van der Waals surface area contributed by atoms with E-state index < -0.39 is 0 Å². The maximum Gasteiger partial charge on any atom is 0.122 e. The number of phenols is 1. The molecule has 3 heteroatoms. The van der Waals surface area contributed by atoms with Crippen molar-refractivity contribution < 1.29 is 5.11 Å². The summed E-state index contributed by atoms with van der Waals surface area (Å²) in [6, 6.07) is 13.2. The van der Waals surface area contributed by atoms with Gasteiger partial charge in [0.25, 0.3) is 0 Å². The predicted molar refractivity (Wildman–Crippen MR) is 130 cm³/mol. The van der Waals surface area contributed by atoms with Gasteiger partial charge >= 0.3 is 0 Å². The molecule has 0 heterocycles. The molecule has 2 aromatic rings. The van der Waals surface area contributed by atoms with Gasteiger partial charge in [-0.2, -0.15) is 0 Å². The van der Waals surface area contributed by atoms with E-state index in [2.05, 4.69) is 90.2 Å². The molecule has 2 aromatic carbocycles. The molecule has 0 amide bonds. The Morgan fingerprint density at radius 2 is 1.72 bits per heavy atom. The minimum absolute atomic E-state index is 0.0771. The summed E-state index contributed by atoms with van der Waals surface area (Å²) in [6.45, 7) is 18.5. The lowest BCUT2D eigenvalue weighted by Gasteiger charge is -2.33. The summed E-state index contributed by atoms with van der Waals surface area (Å²) >= 11 is 0. The Labute approximate surface area is 180 Å². The number of hydrogen-bond acceptors (Lipinski definition) is 2. The van der Waals surface area contributed by atoms with Crippen LogP contribution >= 0.6 is 8.58 Å². The van der Waals surface area contributed by atoms with Crippen LogP contribution in [0.4, 0.5) is 0 Å². The van der Waals surface area contributed by atoms with Crippen LogP contribution in [0.2, 0.25) is 0 Å². The summed E-state index contributed by atoms with van der Waals surface area (Å²) in [7, 11) is 0.608. The molecule has 29 heavy (non-hydrogen) atoms. The highest BCUT2D eigenvalue weighted by Gasteiger charge is 2.31. The van der Waals surface area contributed by atoms with Crippen LogP contribution in [-0.4, -0.2) is 10.6 Å². The summed E-state index contributed by atoms with van der Waals surface area (Å²) in [6.07, 6.45) is 2.15. The molecule has 0 spiro atoms. The number of rotatable bonds is 8. The Morgan fingerprint density at radius 3 is 2.31 bits per heavy atom. The zero-order chi connectivity index (χ0) is 21.8. The van der Waals surface area contributed by atoms with Crippen LogP contribution in [0.3, 0.4) is 0 Å². The highest BCUT2D eigenvalue weighted by molar-refractivity contribution is 7.48. The fourth-order valence-corrected chi connectivity index (χ4v) is 5.59. The molecular weight excluding hydrogens is 373 g/mol. The Bertz CT molecular complexity index is 822. The Morgan fingerprint density at radius 1 is 1.07 bits per heavy atom. The molecule has 0 aromatic heterocycles. The van der Waals surface area contributed by atoms with Crippen molar-refractivity contribution in [3.8, 4) is 5.75 Å². The van der Waals surface area contributed by atoms with Crippen molar-refractivity contribution >= 4 is 13.9 Å². The third kappa shape index (κ3) is 6.30. The van der Waals surface area contributed by atoms with Crippen LogP contribution in [0, 0.1) is 6.92 Å². The molecule has 0 fully saturated rings. The summed E-state index contributed by atoms with van der Waals surface area (Å²) in [4.78, 5) is 0. The van der Waals surface area contributed by atoms with E-state index in [9.17, 15) is 5.11 Å². The fraction of sp³-hybridized carbons (Fsp3) is 0.538. The van der Waals surface area contributed by atoms with Crippen molar-refractivity contribution in [2.45, 2.75) is 91.4 Å². The topological polar surface area (TPSA) is 32.3 Å². The van der Waals surface area contributed by atoms with Gasteiger partial charge in [0.05, 0.1) is 0 Å². The highest BCUT2D eigenvalue weighted by atomic mass is 31.1. The molecule has 0 aliphatic rings. The maximum absolute atomic E-state index is 11.0. The first-order chi connectivity index (χ1) is 13.5. The standard InChI is InChI=1S/C26H40NOP/c1-9-14-26(8,22-16-21(18(2)3)15-19(4)24(22)28)29-23-13-11-10-12-20(23)17-27-25(5,6)7/h10-13,15-16,18,27-29H,9,14,17H2,1-8H3. The monoisotopic (exact) mass is 413 g/mol. The fourth-order valence-electron chi connectivity index (χ4n) is 3.78. The van der Waals surface area contributed by atoms with Crippen LogP contribution in [0.25, 0.3) is 0 Å². The SMILES string of the molecule is CCCC(C)(Pc1ccccc1CNC(C)(C)C)c1cc(C(C)C)cc(C)c1O. The summed E-state index contributed by atoms with van der Waals surface area (Å²) in [5, 5.41) is 16.0. The molecule has 2 N–H and O–H groups in total. The van der Waals surface area contributed by atoms with Crippen LogP contribution in [-0.2, 0) is 11.7 Å². The molecule has 0 saturated carbocycles. The van der Waals surface area contributed by atoms with E-state index in [4.69, 9.17) is 0 Å². The Hall–Kier alpha value is -1.37. The van der Waals surface area contributed by atoms with Crippen molar-refractivity contribution in [1.29, 1.82) is 0 Å². The largest absolute Gasteiger partial charge is 0.507 e. The van der Waals surface area contributed by atoms with Gasteiger partial charge in [-0.1, -0.05) is 79.1 Å². The number of phenolic OH excluding ortho intramolecular Hbond substituents is 1. The van der Waals surface area contributed by atoms with Crippen molar-refractivity contribution in [2.75, 3.05) is 0 Å². The third-order valence-corrected chi connectivity index (χ3v) is 7.40. The van der Waals surface area contributed by atoms with Crippen molar-refractivity contribution in [3.05, 3.63) is 58.7 Å². The average molecular weight is 414 g/mol. The van der Waals surface area contributed by atoms with Crippen LogP contribution in [0.5, 0.6) is 5.75 Å². The molecule has 0 saturated heterocycles. The van der Waals surface area contributed by atoms with Gasteiger partial charge < -0.3 is 10.4 Å². The van der Waals surface area contributed by atoms with Gasteiger partial charge in [0, 0.05) is 22.8 Å². The van der Waals surface area contributed by atoms with Gasteiger partial charge in [0.2, 0.25) is 0 Å². The lowest BCUT2D eigenvalue weighted by Crippen LogP contribution is -2.36. The number of nitrogens with one attached hydrogen (secondary N) is 1. The first kappa shape index (κ1) is 23.9. The molecule has 0 aliphatic heterocycles. The van der Waals surface area contributed by atoms with Gasteiger partial charge in [-0.3, -0.25) is 0 Å². The first-order valence-electron chi connectivity index (χ1n) is 10.9. The van der Waals surface area contributed by atoms with E-state index in [0.29, 0.717) is 20.2 Å². The number of aromatic hydroxyl groups is 1. The lowest BCUT2D eigenvalue weighted by atomic mass is 9.88. The zero-order valence-corrected chi connectivity index (χ0v) is 20.6. The molecule has 2 atom stereocenters. The molecule has 0 aliphatic carbocycles. The maximum atomic E-state index is 11.0. The van der Waals surface area contributed by atoms with Crippen molar-refractivity contribution in [2.24, 2.45) is 0 Å². The molecule has 0 radical (unpaired) electrons. The third-order valence-electron chi connectivity index (χ3n) is 5.57. The van der Waals surface area contributed by atoms with Gasteiger partial charge in [-0.15, -0.1) is 0 Å². The summed E-state index contributed by atoms with van der Waals surface area (Å²) < 4.78 is 0. The van der Waals surface area contributed by atoms with Crippen molar-refractivity contribution in [3.63, 3.8) is 0 Å². The van der Waals surface area contributed by atoms with E-state index in [1.54, 1.807) is 0 Å². The number of benzene rings is 2. The minimum Gasteiger partial charge on any atom is -0.507 e. The molecule has 0 bridgehead atoms. The van der Waals surface area contributed by atoms with Gasteiger partial charge in [-0.05, 0) is 62.0 Å². The van der Waals surface area contributed by atoms with E-state index in [1.165, 1.54) is 16.4 Å². The van der Waals surface area contributed by atoms with Crippen molar-refractivity contribution in [1.82, 2.24) is 5.32 Å². The molecule has 2 nitrogen and oxygen atoms in total. The quantitative estimate of drug-likeness (QED) is 0.470. The number of aryl methyl sites for hydroxylation is 1. The molecule has 2 rings (SSSR count). The van der Waals surface area contributed by atoms with E-state index >= 15 is 0 Å². The van der Waals surface area contributed by atoms with E-state index in [0.717, 1.165) is 30.5 Å².